The number of allylic oxidation sites excluding steroid dienone is 1. The van der Waals surface area contributed by atoms with Crippen molar-refractivity contribution >= 4 is 5.78 Å². The highest BCUT2D eigenvalue weighted by Gasteiger charge is 2.69. The third-order valence-corrected chi connectivity index (χ3v) is 11.1. The van der Waals surface area contributed by atoms with E-state index < -0.39 is 45.9 Å². The lowest BCUT2D eigenvalue weighted by Crippen LogP contribution is -2.62. The molecule has 0 spiro atoms. The number of carbonyl (C=O) groups excluding carboxylic acids is 1. The van der Waals surface area contributed by atoms with Gasteiger partial charge < -0.3 is 30.3 Å². The summed E-state index contributed by atoms with van der Waals surface area (Å²) in [5, 5.41) is 55.8. The van der Waals surface area contributed by atoms with E-state index in [1.165, 1.54) is 0 Å². The molecule has 200 valence electrons. The van der Waals surface area contributed by atoms with Gasteiger partial charge in [-0.15, -0.1) is 0 Å². The van der Waals surface area contributed by atoms with Crippen molar-refractivity contribution in [3.05, 3.63) is 11.6 Å². The maximum atomic E-state index is 13.3. The molecule has 3 saturated carbocycles. The zero-order valence-corrected chi connectivity index (χ0v) is 22.3. The van der Waals surface area contributed by atoms with E-state index in [-0.39, 0.29) is 30.0 Å². The minimum Gasteiger partial charge on any atom is -0.390 e. The van der Waals surface area contributed by atoms with Crippen LogP contribution in [-0.2, 0) is 9.53 Å². The van der Waals surface area contributed by atoms with Crippen LogP contribution in [0, 0.1) is 28.6 Å². The van der Waals surface area contributed by atoms with E-state index in [2.05, 4.69) is 0 Å². The molecule has 7 heteroatoms. The second kappa shape index (κ2) is 8.60. The van der Waals surface area contributed by atoms with Crippen molar-refractivity contribution < 1.29 is 35.1 Å². The van der Waals surface area contributed by atoms with Gasteiger partial charge >= 0.3 is 0 Å². The Morgan fingerprint density at radius 1 is 1.11 bits per heavy atom. The number of aliphatic hydroxyl groups is 5. The van der Waals surface area contributed by atoms with Gasteiger partial charge in [0.05, 0.1) is 35.1 Å². The third kappa shape index (κ3) is 3.96. The molecule has 2 unspecified atom stereocenters. The van der Waals surface area contributed by atoms with E-state index in [1.54, 1.807) is 20.1 Å². The van der Waals surface area contributed by atoms with Gasteiger partial charge in [0.25, 0.3) is 0 Å². The van der Waals surface area contributed by atoms with Crippen LogP contribution in [-0.4, -0.2) is 73.5 Å². The first kappa shape index (κ1) is 27.2. The molecule has 0 radical (unpaired) electrons. The van der Waals surface area contributed by atoms with E-state index in [0.29, 0.717) is 38.5 Å². The molecule has 4 aliphatic rings. The van der Waals surface area contributed by atoms with Crippen molar-refractivity contribution in [3.63, 3.8) is 0 Å². The summed E-state index contributed by atoms with van der Waals surface area (Å²) in [6, 6.07) is 0. The van der Waals surface area contributed by atoms with Crippen LogP contribution >= 0.6 is 0 Å². The Hall–Kier alpha value is -0.830. The van der Waals surface area contributed by atoms with Crippen LogP contribution in [0.4, 0.5) is 0 Å². The Balaban J connectivity index is 1.64. The Kier molecular flexibility index (Phi) is 6.69. The number of methoxy groups -OCH3 is 1. The molecule has 0 saturated heterocycles. The summed E-state index contributed by atoms with van der Waals surface area (Å²) >= 11 is 0. The predicted octanol–water partition coefficient (Wildman–Crippen LogP) is 2.51. The van der Waals surface area contributed by atoms with Crippen molar-refractivity contribution in [2.75, 3.05) is 7.11 Å². The van der Waals surface area contributed by atoms with Crippen molar-refractivity contribution in [1.82, 2.24) is 0 Å². The van der Waals surface area contributed by atoms with Crippen molar-refractivity contribution in [1.29, 1.82) is 0 Å². The van der Waals surface area contributed by atoms with Crippen molar-refractivity contribution in [2.24, 2.45) is 28.6 Å². The Labute approximate surface area is 209 Å². The highest BCUT2D eigenvalue weighted by molar-refractivity contribution is 5.95. The molecule has 35 heavy (non-hydrogen) atoms. The Morgan fingerprint density at radius 2 is 1.77 bits per heavy atom. The zero-order chi connectivity index (χ0) is 26.2. The number of ketones is 1. The van der Waals surface area contributed by atoms with Crippen LogP contribution < -0.4 is 0 Å². The number of aliphatic hydroxyl groups excluding tert-OH is 3. The van der Waals surface area contributed by atoms with Crippen LogP contribution in [0.3, 0.4) is 0 Å². The Bertz CT molecular complexity index is 881. The first-order chi connectivity index (χ1) is 16.0. The van der Waals surface area contributed by atoms with Gasteiger partial charge in [-0.3, -0.25) is 4.79 Å². The first-order valence-corrected chi connectivity index (χ1v) is 13.3. The molecule has 3 fully saturated rings. The molecule has 0 aliphatic heterocycles. The average molecular weight is 495 g/mol. The topological polar surface area (TPSA) is 127 Å². The number of hydrogen-bond donors (Lipinski definition) is 5. The van der Waals surface area contributed by atoms with Crippen LogP contribution in [0.25, 0.3) is 0 Å². The highest BCUT2D eigenvalue weighted by atomic mass is 16.5. The van der Waals surface area contributed by atoms with Crippen LogP contribution in [0.1, 0.15) is 86.0 Å². The largest absolute Gasteiger partial charge is 0.390 e. The fourth-order valence-corrected chi connectivity index (χ4v) is 8.42. The first-order valence-electron chi connectivity index (χ1n) is 13.3. The van der Waals surface area contributed by atoms with Gasteiger partial charge in [0.2, 0.25) is 0 Å². The van der Waals surface area contributed by atoms with Crippen LogP contribution in [0.15, 0.2) is 11.6 Å². The summed E-state index contributed by atoms with van der Waals surface area (Å²) in [6.07, 6.45) is 2.74. The average Bonchev–Trinajstić information content (AvgIpc) is 3.06. The van der Waals surface area contributed by atoms with Gasteiger partial charge in [-0.2, -0.15) is 0 Å². The third-order valence-electron chi connectivity index (χ3n) is 11.1. The van der Waals surface area contributed by atoms with Crippen LogP contribution in [0.2, 0.25) is 0 Å². The zero-order valence-electron chi connectivity index (χ0n) is 22.3. The van der Waals surface area contributed by atoms with Gasteiger partial charge in [0.15, 0.2) is 5.78 Å². The van der Waals surface area contributed by atoms with Crippen molar-refractivity contribution in [3.8, 4) is 0 Å². The lowest BCUT2D eigenvalue weighted by Gasteiger charge is -2.60. The SMILES string of the molecule is COC(C)(C)CC[C@@H](O)[C@@](C)(O)[C@H]1CC[C@@]2(O)C3=CC(=O)C4C[C@@H](O)[C@@H](O)C[C@]4(C)C3CC[C@]12C. The summed E-state index contributed by atoms with van der Waals surface area (Å²) in [5.41, 5.74) is -3.58. The monoisotopic (exact) mass is 494 g/mol. The standard InChI is InChI=1S/C28H46O7/c1-24(2,35-6)10-9-23(32)27(5,33)22-8-12-28(34)17-13-19(29)18-14-20(30)21(31)15-25(18,3)16(17)7-11-26(22,28)4/h13,16,18,20-23,30-34H,7-12,14-15H2,1-6H3/t16?,18?,20-,21+,22+,23-,25-,26-,27+,28-/m1/s1. The molecule has 4 aliphatic carbocycles. The molecule has 0 aromatic heterocycles. The van der Waals surface area contributed by atoms with Gasteiger partial charge in [0, 0.05) is 18.4 Å². The summed E-state index contributed by atoms with van der Waals surface area (Å²) in [5.74, 6) is -0.864. The van der Waals surface area contributed by atoms with Crippen LogP contribution in [0.5, 0.6) is 0 Å². The normalized spacial score (nSPS) is 46.2. The summed E-state index contributed by atoms with van der Waals surface area (Å²) in [4.78, 5) is 13.3. The summed E-state index contributed by atoms with van der Waals surface area (Å²) in [6.45, 7) is 9.61. The minimum atomic E-state index is -1.41. The van der Waals surface area contributed by atoms with Crippen molar-refractivity contribution in [2.45, 2.75) is 121 Å². The molecule has 0 bridgehead atoms. The summed E-state index contributed by atoms with van der Waals surface area (Å²) in [7, 11) is 1.64. The molecular formula is C28H46O7. The fraction of sp³-hybridized carbons (Fsp3) is 0.893. The Morgan fingerprint density at radius 3 is 2.40 bits per heavy atom. The molecule has 0 aromatic carbocycles. The molecule has 0 heterocycles. The van der Waals surface area contributed by atoms with E-state index in [0.717, 1.165) is 12.0 Å². The molecule has 0 aromatic rings. The number of carbonyl (C=O) groups is 1. The van der Waals surface area contributed by atoms with Gasteiger partial charge in [0.1, 0.15) is 0 Å². The second-order valence-corrected chi connectivity index (χ2v) is 13.3. The lowest BCUT2D eigenvalue weighted by molar-refractivity contribution is -0.177. The number of fused-ring (bicyclic) bond motifs is 5. The molecule has 0 amide bonds. The van der Waals surface area contributed by atoms with E-state index >= 15 is 0 Å². The van der Waals surface area contributed by atoms with E-state index in [4.69, 9.17) is 4.74 Å². The van der Waals surface area contributed by atoms with Gasteiger partial charge in [-0.25, -0.2) is 0 Å². The quantitative estimate of drug-likeness (QED) is 0.384. The molecule has 4 rings (SSSR count). The fourth-order valence-electron chi connectivity index (χ4n) is 8.42. The minimum absolute atomic E-state index is 0.0680. The maximum Gasteiger partial charge on any atom is 0.159 e. The second-order valence-electron chi connectivity index (χ2n) is 13.3. The van der Waals surface area contributed by atoms with E-state index in [1.807, 2.05) is 27.7 Å². The maximum absolute atomic E-state index is 13.3. The molecule has 5 N–H and O–H groups in total. The van der Waals surface area contributed by atoms with Gasteiger partial charge in [-0.05, 0) is 101 Å². The predicted molar refractivity (Wildman–Crippen MR) is 131 cm³/mol. The molecule has 10 atom stereocenters. The number of ether oxygens (including phenoxy) is 1. The molecule has 7 nitrogen and oxygen atoms in total. The molecular weight excluding hydrogens is 448 g/mol. The smallest absolute Gasteiger partial charge is 0.159 e. The number of rotatable bonds is 6. The highest BCUT2D eigenvalue weighted by Crippen LogP contribution is 2.68. The van der Waals surface area contributed by atoms with E-state index in [9.17, 15) is 30.3 Å². The lowest BCUT2D eigenvalue weighted by atomic mass is 9.45. The number of hydrogen-bond acceptors (Lipinski definition) is 7. The van der Waals surface area contributed by atoms with Gasteiger partial charge in [-0.1, -0.05) is 13.8 Å². The summed E-state index contributed by atoms with van der Waals surface area (Å²) < 4.78 is 5.48.